The molecule has 3 rings (SSSR count). The highest BCUT2D eigenvalue weighted by atomic mass is 19.4. The van der Waals surface area contributed by atoms with Crippen molar-refractivity contribution in [1.82, 2.24) is 14.8 Å². The molecule has 1 amide bonds. The van der Waals surface area contributed by atoms with E-state index in [1.54, 1.807) is 32.0 Å². The molecule has 0 aliphatic rings. The van der Waals surface area contributed by atoms with Gasteiger partial charge in [0.1, 0.15) is 23.4 Å². The van der Waals surface area contributed by atoms with E-state index in [4.69, 9.17) is 9.47 Å². The van der Waals surface area contributed by atoms with Crippen LogP contribution in [0, 0.1) is 18.6 Å². The average Bonchev–Trinajstić information content (AvgIpc) is 3.08. The van der Waals surface area contributed by atoms with Gasteiger partial charge in [0.15, 0.2) is 0 Å². The fraction of sp³-hybridized carbons (Fsp3) is 0.425. The van der Waals surface area contributed by atoms with Gasteiger partial charge < -0.3 is 24.3 Å². The summed E-state index contributed by atoms with van der Waals surface area (Å²) in [6, 6.07) is 0.282. The molecule has 0 aliphatic heterocycles. The van der Waals surface area contributed by atoms with Crippen LogP contribution in [0.25, 0.3) is 11.1 Å². The van der Waals surface area contributed by atoms with Crippen LogP contribution in [0.4, 0.5) is 35.1 Å². The van der Waals surface area contributed by atoms with Crippen molar-refractivity contribution >= 4 is 11.9 Å². The van der Waals surface area contributed by atoms with Crippen molar-refractivity contribution < 1.29 is 54.2 Å². The number of carbonyl (C=O) groups excluding carboxylic acids is 2. The second-order valence-electron chi connectivity index (χ2n) is 13.4. The van der Waals surface area contributed by atoms with E-state index in [0.29, 0.717) is 25.0 Å². The molecule has 0 aliphatic carbocycles. The highest BCUT2D eigenvalue weighted by Gasteiger charge is 2.39. The number of likely N-dealkylation sites (N-methyl/N-ethyl adjacent to an activating group) is 1. The maximum Gasteiger partial charge on any atom is 0.419 e. The summed E-state index contributed by atoms with van der Waals surface area (Å²) in [6.45, 7) is 11.6. The van der Waals surface area contributed by atoms with Crippen LogP contribution in [-0.4, -0.2) is 54.7 Å². The topological polar surface area (TPSA) is 89.9 Å². The number of benzene rings is 2. The molecule has 56 heavy (non-hydrogen) atoms. The van der Waals surface area contributed by atoms with Crippen molar-refractivity contribution in [2.45, 2.75) is 83.4 Å². The first-order chi connectivity index (χ1) is 26.1. The van der Waals surface area contributed by atoms with E-state index in [-0.39, 0.29) is 54.0 Å². The van der Waals surface area contributed by atoms with E-state index in [1.165, 1.54) is 19.9 Å². The van der Waals surface area contributed by atoms with Gasteiger partial charge in [0.05, 0.1) is 36.3 Å². The van der Waals surface area contributed by atoms with Crippen molar-refractivity contribution in [2.24, 2.45) is 0 Å². The number of amides is 1. The minimum atomic E-state index is -5.32. The van der Waals surface area contributed by atoms with Gasteiger partial charge in [-0.05, 0) is 95.4 Å². The number of pyridine rings is 1. The van der Waals surface area contributed by atoms with Crippen LogP contribution >= 0.6 is 0 Å². The molecule has 0 bridgehead atoms. The van der Waals surface area contributed by atoms with E-state index >= 15 is 4.39 Å². The first kappa shape index (κ1) is 45.4. The number of hydrogen-bond donors (Lipinski definition) is 1. The molecular weight excluding hydrogens is 754 g/mol. The van der Waals surface area contributed by atoms with Gasteiger partial charge in [-0.15, -0.1) is 13.2 Å². The minimum Gasteiger partial charge on any atom is -0.490 e. The van der Waals surface area contributed by atoms with Crippen molar-refractivity contribution in [2.75, 3.05) is 27.2 Å². The summed E-state index contributed by atoms with van der Waals surface area (Å²) < 4.78 is 128. The van der Waals surface area contributed by atoms with Crippen LogP contribution in [0.5, 0.6) is 5.75 Å². The maximum absolute atomic E-state index is 16.2. The van der Waals surface area contributed by atoms with Crippen molar-refractivity contribution in [3.63, 3.8) is 0 Å². The van der Waals surface area contributed by atoms with Gasteiger partial charge in [0.2, 0.25) is 5.91 Å². The Bertz CT molecular complexity index is 1960. The van der Waals surface area contributed by atoms with E-state index in [1.807, 2.05) is 0 Å². The molecule has 0 saturated heterocycles. The Morgan fingerprint density at radius 1 is 0.982 bits per heavy atom. The first-order valence-electron chi connectivity index (χ1n) is 17.6. The highest BCUT2D eigenvalue weighted by molar-refractivity contribution is 5.82. The van der Waals surface area contributed by atoms with Crippen LogP contribution in [0.1, 0.15) is 79.4 Å². The molecule has 1 aromatic heterocycles. The molecule has 3 atom stereocenters. The quantitative estimate of drug-likeness (QED) is 0.0786. The number of halogens is 8. The second-order valence-corrected chi connectivity index (χ2v) is 13.4. The third-order valence-electron chi connectivity index (χ3n) is 8.76. The van der Waals surface area contributed by atoms with E-state index in [9.17, 15) is 45.1 Å². The minimum absolute atomic E-state index is 0.0316. The summed E-state index contributed by atoms with van der Waals surface area (Å²) in [4.78, 5) is 41.7. The molecule has 1 unspecified atom stereocenters. The molecule has 0 fully saturated rings. The predicted molar refractivity (Wildman–Crippen MR) is 195 cm³/mol. The summed E-state index contributed by atoms with van der Waals surface area (Å²) in [6.07, 6.45) is -7.66. The Morgan fingerprint density at radius 3 is 2.21 bits per heavy atom. The third kappa shape index (κ3) is 11.8. The van der Waals surface area contributed by atoms with Gasteiger partial charge in [-0.3, -0.25) is 14.4 Å². The summed E-state index contributed by atoms with van der Waals surface area (Å²) >= 11 is 0. The molecule has 0 spiro atoms. The zero-order valence-electron chi connectivity index (χ0n) is 31.7. The van der Waals surface area contributed by atoms with Crippen LogP contribution < -0.4 is 15.6 Å². The number of alkyl halides is 6. The summed E-state index contributed by atoms with van der Waals surface area (Å²) in [5, 5.41) is 2.35. The number of hydrogen-bond acceptors (Lipinski definition) is 6. The van der Waals surface area contributed by atoms with Crippen LogP contribution in [0.2, 0.25) is 0 Å². The molecule has 0 radical (unpaired) electrons. The molecule has 3 aromatic rings. The lowest BCUT2D eigenvalue weighted by atomic mass is 9.91. The van der Waals surface area contributed by atoms with Gasteiger partial charge in [-0.2, -0.15) is 26.3 Å². The van der Waals surface area contributed by atoms with E-state index in [0.717, 1.165) is 29.0 Å². The van der Waals surface area contributed by atoms with Crippen LogP contribution in [0.3, 0.4) is 0 Å². The predicted octanol–water partition coefficient (Wildman–Crippen LogP) is 8.91. The summed E-state index contributed by atoms with van der Waals surface area (Å²) in [5.41, 5.74) is -5.59. The number of nitrogens with zero attached hydrogens (tertiary/aromatic N) is 2. The monoisotopic (exact) mass is 799 g/mol. The Kier molecular flexibility index (Phi) is 15.6. The lowest BCUT2D eigenvalue weighted by molar-refractivity contribution is -0.144. The van der Waals surface area contributed by atoms with Gasteiger partial charge in [0, 0.05) is 36.0 Å². The number of nitrogens with one attached hydrogen (secondary N) is 1. The van der Waals surface area contributed by atoms with Gasteiger partial charge in [0.25, 0.3) is 5.56 Å². The fourth-order valence-electron chi connectivity index (χ4n) is 6.10. The number of ether oxygens (including phenoxy) is 2. The molecule has 1 N–H and O–H groups in total. The zero-order chi connectivity index (χ0) is 42.1. The third-order valence-corrected chi connectivity index (χ3v) is 8.76. The standard InChI is InChI=1S/C40H45F8N3O5/c1-8-11-13-24(5)56-33-19-27(41)16-23(4)36(33)26-17-28(37(42)30(18-26)40(46,47)48)31(21-35(53)55-10-3)49-38(54)32(12-9-2)51-22-25(14-15-50(6)7)29(20-34(51)52)39(43,44)45/h8-9,16-20,22,24,31-32H,1-2,10-15,21H2,3-7H3,(H,49,54)/t24?,31-,32-/m0/s1. The van der Waals surface area contributed by atoms with Crippen molar-refractivity contribution in [3.8, 4) is 16.9 Å². The SMILES string of the molecule is C=CCCC(C)Oc1cc(F)cc(C)c1-c1cc([C@H](CC(=O)OCC)NC(=O)[C@H](CC=C)n2cc(CCN(C)C)c(C(F)(F)F)cc2=O)c(F)c(C(F)(F)F)c1. The van der Waals surface area contributed by atoms with E-state index in [2.05, 4.69) is 18.5 Å². The summed E-state index contributed by atoms with van der Waals surface area (Å²) in [7, 11) is 3.24. The van der Waals surface area contributed by atoms with Gasteiger partial charge in [-0.1, -0.05) is 12.2 Å². The van der Waals surface area contributed by atoms with Gasteiger partial charge >= 0.3 is 18.3 Å². The molecule has 0 saturated carbocycles. The van der Waals surface area contributed by atoms with Gasteiger partial charge in [-0.25, -0.2) is 8.78 Å². The van der Waals surface area contributed by atoms with Crippen molar-refractivity contribution in [1.29, 1.82) is 0 Å². The first-order valence-corrected chi connectivity index (χ1v) is 17.6. The lowest BCUT2D eigenvalue weighted by Crippen LogP contribution is -2.40. The number of allylic oxidation sites excluding steroid dienone is 2. The molecule has 16 heteroatoms. The largest absolute Gasteiger partial charge is 0.490 e. The molecule has 306 valence electrons. The van der Waals surface area contributed by atoms with Crippen LogP contribution in [0.15, 0.2) is 66.6 Å². The van der Waals surface area contributed by atoms with Crippen molar-refractivity contribution in [3.05, 3.63) is 112 Å². The normalized spacial score (nSPS) is 13.5. The number of esters is 1. The number of aryl methyl sites for hydroxylation is 1. The fourth-order valence-corrected chi connectivity index (χ4v) is 6.10. The maximum atomic E-state index is 16.2. The molecule has 2 aromatic carbocycles. The Hall–Kier alpha value is -4.99. The second kappa shape index (κ2) is 19.2. The Balaban J connectivity index is 2.29. The Morgan fingerprint density at radius 2 is 1.64 bits per heavy atom. The smallest absolute Gasteiger partial charge is 0.419 e. The number of rotatable bonds is 18. The summed E-state index contributed by atoms with van der Waals surface area (Å²) in [5.74, 6) is -4.98. The highest BCUT2D eigenvalue weighted by Crippen LogP contribution is 2.42. The molecule has 1 heterocycles. The lowest BCUT2D eigenvalue weighted by Gasteiger charge is -2.26. The molecule has 8 nitrogen and oxygen atoms in total. The molecular formula is C40H45F8N3O5. The number of carbonyl (C=O) groups is 2. The van der Waals surface area contributed by atoms with E-state index < -0.39 is 82.7 Å². The van der Waals surface area contributed by atoms with Crippen LogP contribution in [-0.2, 0) is 33.1 Å². The number of aromatic nitrogens is 1. The Labute approximate surface area is 319 Å². The zero-order valence-corrected chi connectivity index (χ0v) is 31.7. The average molecular weight is 800 g/mol.